The normalized spacial score (nSPS) is 11.6. The second-order valence-electron chi connectivity index (χ2n) is 6.96. The summed E-state index contributed by atoms with van der Waals surface area (Å²) in [6, 6.07) is 10.9. The van der Waals surface area contributed by atoms with Crippen LogP contribution in [0.15, 0.2) is 36.4 Å². The molecule has 2 rings (SSSR count). The molecule has 0 aromatic heterocycles. The fraction of sp³-hybridized carbons (Fsp3) is 0.364. The van der Waals surface area contributed by atoms with Crippen LogP contribution < -0.4 is 10.1 Å². The predicted molar refractivity (Wildman–Crippen MR) is 112 cm³/mol. The van der Waals surface area contributed by atoms with E-state index in [4.69, 9.17) is 16.3 Å². The van der Waals surface area contributed by atoms with Crippen molar-refractivity contribution in [3.63, 3.8) is 0 Å². The number of amides is 2. The minimum Gasteiger partial charge on any atom is -0.484 e. The Balaban J connectivity index is 2.17. The van der Waals surface area contributed by atoms with Crippen molar-refractivity contribution in [1.82, 2.24) is 10.2 Å². The van der Waals surface area contributed by atoms with Crippen molar-refractivity contribution in [2.24, 2.45) is 0 Å². The van der Waals surface area contributed by atoms with Crippen LogP contribution >= 0.6 is 11.6 Å². The van der Waals surface area contributed by atoms with Gasteiger partial charge in [0.15, 0.2) is 6.61 Å². The zero-order valence-electron chi connectivity index (χ0n) is 17.0. The second kappa shape index (κ2) is 9.60. The van der Waals surface area contributed by atoms with Crippen molar-refractivity contribution in [2.45, 2.75) is 40.3 Å². The van der Waals surface area contributed by atoms with Crippen LogP contribution in [0.1, 0.15) is 29.2 Å². The number of rotatable bonds is 7. The molecule has 5 nitrogen and oxygen atoms in total. The third-order valence-corrected chi connectivity index (χ3v) is 5.22. The summed E-state index contributed by atoms with van der Waals surface area (Å²) in [7, 11) is 1.56. The average molecular weight is 403 g/mol. The second-order valence-corrected chi connectivity index (χ2v) is 7.34. The summed E-state index contributed by atoms with van der Waals surface area (Å²) in [5.74, 6) is 0.0953. The lowest BCUT2D eigenvalue weighted by atomic mass is 10.1. The zero-order valence-corrected chi connectivity index (χ0v) is 17.8. The Morgan fingerprint density at radius 1 is 1.14 bits per heavy atom. The molecule has 0 aliphatic heterocycles. The molecule has 6 heteroatoms. The van der Waals surface area contributed by atoms with Crippen molar-refractivity contribution in [1.29, 1.82) is 0 Å². The van der Waals surface area contributed by atoms with E-state index >= 15 is 0 Å². The Morgan fingerprint density at radius 2 is 1.79 bits per heavy atom. The molecule has 1 atom stereocenters. The first kappa shape index (κ1) is 21.8. The third kappa shape index (κ3) is 5.49. The van der Waals surface area contributed by atoms with E-state index in [-0.39, 0.29) is 18.4 Å². The highest BCUT2D eigenvalue weighted by Crippen LogP contribution is 2.26. The first-order chi connectivity index (χ1) is 13.2. The highest BCUT2D eigenvalue weighted by molar-refractivity contribution is 6.32. The molecule has 0 aliphatic carbocycles. The van der Waals surface area contributed by atoms with E-state index in [2.05, 4.69) is 5.32 Å². The fourth-order valence-corrected chi connectivity index (χ4v) is 3.13. The maximum Gasteiger partial charge on any atom is 0.261 e. The van der Waals surface area contributed by atoms with Crippen LogP contribution in [-0.2, 0) is 16.1 Å². The van der Waals surface area contributed by atoms with Gasteiger partial charge in [-0.1, -0.05) is 41.4 Å². The molecule has 2 aromatic carbocycles. The van der Waals surface area contributed by atoms with Crippen LogP contribution in [0.25, 0.3) is 0 Å². The van der Waals surface area contributed by atoms with Crippen LogP contribution in [0, 0.1) is 20.8 Å². The van der Waals surface area contributed by atoms with Crippen LogP contribution in [-0.4, -0.2) is 36.4 Å². The number of benzene rings is 2. The largest absolute Gasteiger partial charge is 0.484 e. The number of carbonyl (C=O) groups is 2. The van der Waals surface area contributed by atoms with Gasteiger partial charge in [0.2, 0.25) is 5.91 Å². The lowest BCUT2D eigenvalue weighted by Crippen LogP contribution is -2.48. The van der Waals surface area contributed by atoms with Crippen molar-refractivity contribution in [3.05, 3.63) is 63.7 Å². The number of ether oxygens (including phenoxy) is 1. The van der Waals surface area contributed by atoms with E-state index in [9.17, 15) is 9.59 Å². The standard InChI is InChI=1S/C22H27ClN2O3/c1-14-7-6-8-18(9-14)12-25(17(4)22(27)24-5)20(26)13-28-19-10-15(2)21(23)16(3)11-19/h6-11,17H,12-13H2,1-5H3,(H,24,27)/t17-/m1/s1. The number of nitrogens with zero attached hydrogens (tertiary/aromatic N) is 1. The van der Waals surface area contributed by atoms with Crippen molar-refractivity contribution in [3.8, 4) is 5.75 Å². The zero-order chi connectivity index (χ0) is 20.8. The first-order valence-electron chi connectivity index (χ1n) is 9.19. The Morgan fingerprint density at radius 3 is 2.36 bits per heavy atom. The number of hydrogen-bond acceptors (Lipinski definition) is 3. The molecular formula is C22H27ClN2O3. The van der Waals surface area contributed by atoms with Crippen molar-refractivity contribution in [2.75, 3.05) is 13.7 Å². The molecule has 28 heavy (non-hydrogen) atoms. The summed E-state index contributed by atoms with van der Waals surface area (Å²) in [5.41, 5.74) is 3.84. The number of hydrogen-bond donors (Lipinski definition) is 1. The fourth-order valence-electron chi connectivity index (χ4n) is 3.02. The van der Waals surface area contributed by atoms with Gasteiger partial charge >= 0.3 is 0 Å². The Hall–Kier alpha value is -2.53. The van der Waals surface area contributed by atoms with Gasteiger partial charge in [-0.25, -0.2) is 0 Å². The Kier molecular flexibility index (Phi) is 7.46. The summed E-state index contributed by atoms with van der Waals surface area (Å²) in [5, 5.41) is 3.29. The molecule has 0 spiro atoms. The molecule has 2 amide bonds. The smallest absolute Gasteiger partial charge is 0.261 e. The lowest BCUT2D eigenvalue weighted by molar-refractivity contribution is -0.142. The highest BCUT2D eigenvalue weighted by atomic mass is 35.5. The minimum atomic E-state index is -0.615. The first-order valence-corrected chi connectivity index (χ1v) is 9.57. The van der Waals surface area contributed by atoms with Gasteiger partial charge in [0.25, 0.3) is 5.91 Å². The van der Waals surface area contributed by atoms with Gasteiger partial charge in [-0.2, -0.15) is 0 Å². The van der Waals surface area contributed by atoms with Crippen LogP contribution in [0.5, 0.6) is 5.75 Å². The Bertz CT molecular complexity index is 844. The average Bonchev–Trinajstić information content (AvgIpc) is 2.67. The molecule has 1 N–H and O–H groups in total. The van der Waals surface area contributed by atoms with Gasteiger partial charge in [0, 0.05) is 18.6 Å². The quantitative estimate of drug-likeness (QED) is 0.766. The van der Waals surface area contributed by atoms with E-state index in [1.54, 1.807) is 26.1 Å². The summed E-state index contributed by atoms with van der Waals surface area (Å²) in [4.78, 5) is 26.6. The van der Waals surface area contributed by atoms with Gasteiger partial charge in [-0.05, 0) is 56.5 Å². The van der Waals surface area contributed by atoms with Crippen molar-refractivity contribution < 1.29 is 14.3 Å². The van der Waals surface area contributed by atoms with Gasteiger partial charge in [-0.15, -0.1) is 0 Å². The molecule has 0 unspecified atom stereocenters. The molecule has 0 bridgehead atoms. The molecule has 0 radical (unpaired) electrons. The van der Waals surface area contributed by atoms with E-state index in [1.807, 2.05) is 45.0 Å². The summed E-state index contributed by atoms with van der Waals surface area (Å²) in [6.45, 7) is 7.66. The monoisotopic (exact) mass is 402 g/mol. The molecular weight excluding hydrogens is 376 g/mol. The molecule has 0 saturated heterocycles. The van der Waals surface area contributed by atoms with Crippen LogP contribution in [0.3, 0.4) is 0 Å². The highest BCUT2D eigenvalue weighted by Gasteiger charge is 2.26. The van der Waals surface area contributed by atoms with Crippen molar-refractivity contribution >= 4 is 23.4 Å². The molecule has 0 saturated carbocycles. The van der Waals surface area contributed by atoms with E-state index in [0.717, 1.165) is 22.3 Å². The molecule has 150 valence electrons. The van der Waals surface area contributed by atoms with E-state index < -0.39 is 6.04 Å². The number of halogens is 1. The summed E-state index contributed by atoms with van der Waals surface area (Å²) in [6.07, 6.45) is 0. The number of carbonyl (C=O) groups excluding carboxylic acids is 2. The van der Waals surface area contributed by atoms with Crippen LogP contribution in [0.4, 0.5) is 0 Å². The maximum atomic E-state index is 12.9. The SMILES string of the molecule is CNC(=O)[C@@H](C)N(Cc1cccc(C)c1)C(=O)COc1cc(C)c(Cl)c(C)c1. The molecule has 0 aliphatic rings. The van der Waals surface area contributed by atoms with Gasteiger partial charge in [-0.3, -0.25) is 9.59 Å². The summed E-state index contributed by atoms with van der Waals surface area (Å²) >= 11 is 6.18. The minimum absolute atomic E-state index is 0.159. The maximum absolute atomic E-state index is 12.9. The van der Waals surface area contributed by atoms with Crippen LogP contribution in [0.2, 0.25) is 5.02 Å². The van der Waals surface area contributed by atoms with Gasteiger partial charge in [0.1, 0.15) is 11.8 Å². The Labute approximate surface area is 171 Å². The topological polar surface area (TPSA) is 58.6 Å². The summed E-state index contributed by atoms with van der Waals surface area (Å²) < 4.78 is 5.71. The predicted octanol–water partition coefficient (Wildman–Crippen LogP) is 3.81. The van der Waals surface area contributed by atoms with Gasteiger partial charge < -0.3 is 15.0 Å². The molecule has 0 heterocycles. The number of likely N-dealkylation sites (N-methyl/N-ethyl adjacent to an activating group) is 1. The van der Waals surface area contributed by atoms with Gasteiger partial charge in [0.05, 0.1) is 0 Å². The lowest BCUT2D eigenvalue weighted by Gasteiger charge is -2.28. The molecule has 0 fully saturated rings. The van der Waals surface area contributed by atoms with E-state index in [0.29, 0.717) is 17.3 Å². The third-order valence-electron chi connectivity index (χ3n) is 4.62. The van der Waals surface area contributed by atoms with E-state index in [1.165, 1.54) is 4.90 Å². The number of aryl methyl sites for hydroxylation is 3. The number of nitrogens with one attached hydrogen (secondary N) is 1. The molecule has 2 aromatic rings.